The van der Waals surface area contributed by atoms with Crippen LogP contribution in [0.1, 0.15) is 100 Å². The van der Waals surface area contributed by atoms with Gasteiger partial charge in [-0.2, -0.15) is 0 Å². The molecule has 0 saturated carbocycles. The monoisotopic (exact) mass is 628 g/mol. The summed E-state index contributed by atoms with van der Waals surface area (Å²) in [5.41, 5.74) is 4.86. The van der Waals surface area contributed by atoms with Crippen molar-refractivity contribution in [2.75, 3.05) is 13.2 Å². The van der Waals surface area contributed by atoms with Crippen molar-refractivity contribution in [3.63, 3.8) is 0 Å². The molecule has 0 radical (unpaired) electrons. The summed E-state index contributed by atoms with van der Waals surface area (Å²) in [6.07, 6.45) is 4.78. The van der Waals surface area contributed by atoms with Crippen LogP contribution in [-0.2, 0) is 28.7 Å². The molecule has 2 aromatic rings. The quantitative estimate of drug-likeness (QED) is 0.252. The van der Waals surface area contributed by atoms with E-state index >= 15 is 0 Å². The zero-order valence-corrected chi connectivity index (χ0v) is 26.8. The number of aryl methyl sites for hydroxylation is 2. The highest BCUT2D eigenvalue weighted by molar-refractivity contribution is 6.04. The van der Waals surface area contributed by atoms with Gasteiger partial charge in [0.15, 0.2) is 11.6 Å². The third kappa shape index (κ3) is 6.00. The molecule has 2 aliphatic heterocycles. The molecular weight excluding hydrogens is 588 g/mol. The van der Waals surface area contributed by atoms with Gasteiger partial charge in [0.1, 0.15) is 23.0 Å². The summed E-state index contributed by atoms with van der Waals surface area (Å²) < 4.78 is 23.2. The van der Waals surface area contributed by atoms with Crippen LogP contribution in [0.25, 0.3) is 0 Å². The number of nitrogens with one attached hydrogen (secondary N) is 2. The molecule has 2 N–H and O–H groups in total. The SMILES string of the molecule is CC1=C(C(=O)OCCCCOC(=O)C2=C(C)NC3=C(C(=O)CCC3)[C@H]2c2ccc(C)o2)[C@H](c2ccc(C)o2)C2=C(CCCC2=O)N1. The van der Waals surface area contributed by atoms with Gasteiger partial charge in [-0.3, -0.25) is 9.59 Å². The summed E-state index contributed by atoms with van der Waals surface area (Å²) in [7, 11) is 0. The minimum Gasteiger partial charge on any atom is -0.465 e. The van der Waals surface area contributed by atoms with Crippen molar-refractivity contribution < 1.29 is 37.5 Å². The maximum absolute atomic E-state index is 13.4. The smallest absolute Gasteiger partial charge is 0.336 e. The Kier molecular flexibility index (Phi) is 8.88. The van der Waals surface area contributed by atoms with Crippen LogP contribution >= 0.6 is 0 Å². The van der Waals surface area contributed by atoms with Crippen molar-refractivity contribution in [1.29, 1.82) is 0 Å². The standard InChI is InChI=1S/C36H40N2O8/c1-19-13-15-27(45-19)33-29(21(3)37-23-9-7-11-25(39)31(23)33)35(41)43-17-5-6-18-44-36(42)30-22(4)38-24-10-8-12-26(40)32(24)34(30)28-16-14-20(2)46-28/h13-16,33-34,37-38H,5-12,17-18H2,1-4H3/t33-,34-/m0/s1. The van der Waals surface area contributed by atoms with Crippen molar-refractivity contribution >= 4 is 23.5 Å². The molecule has 0 aromatic carbocycles. The number of allylic oxidation sites excluding steroid dienone is 6. The maximum atomic E-state index is 13.4. The number of furan rings is 2. The molecule has 0 bridgehead atoms. The lowest BCUT2D eigenvalue weighted by Gasteiger charge is -2.33. The predicted molar refractivity (Wildman–Crippen MR) is 167 cm³/mol. The fraction of sp³-hybridized carbons (Fsp3) is 0.444. The molecule has 4 aliphatic rings. The summed E-state index contributed by atoms with van der Waals surface area (Å²) >= 11 is 0. The molecule has 0 spiro atoms. The largest absolute Gasteiger partial charge is 0.465 e. The molecule has 46 heavy (non-hydrogen) atoms. The van der Waals surface area contributed by atoms with Crippen LogP contribution in [0.5, 0.6) is 0 Å². The first-order valence-electron chi connectivity index (χ1n) is 16.1. The topological polar surface area (TPSA) is 137 Å². The van der Waals surface area contributed by atoms with Crippen molar-refractivity contribution in [3.8, 4) is 0 Å². The van der Waals surface area contributed by atoms with E-state index in [0.717, 1.165) is 37.1 Å². The molecule has 4 heterocycles. The highest BCUT2D eigenvalue weighted by Gasteiger charge is 2.42. The Labute approximate surface area is 267 Å². The number of ketones is 2. The number of carbonyl (C=O) groups excluding carboxylic acids is 4. The molecule has 2 aromatic heterocycles. The predicted octanol–water partition coefficient (Wildman–Crippen LogP) is 5.99. The first-order chi connectivity index (χ1) is 22.1. The van der Waals surface area contributed by atoms with E-state index in [1.165, 1.54) is 0 Å². The van der Waals surface area contributed by atoms with Gasteiger partial charge in [0.25, 0.3) is 0 Å². The number of esters is 2. The molecule has 10 heteroatoms. The van der Waals surface area contributed by atoms with E-state index in [1.54, 1.807) is 0 Å². The van der Waals surface area contributed by atoms with Gasteiger partial charge in [0.05, 0.1) is 36.2 Å². The van der Waals surface area contributed by atoms with Crippen LogP contribution < -0.4 is 10.6 Å². The highest BCUT2D eigenvalue weighted by atomic mass is 16.5. The van der Waals surface area contributed by atoms with Crippen LogP contribution in [0.4, 0.5) is 0 Å². The molecule has 0 amide bonds. The molecule has 2 atom stereocenters. The van der Waals surface area contributed by atoms with Gasteiger partial charge >= 0.3 is 11.9 Å². The average molecular weight is 629 g/mol. The molecule has 0 unspecified atom stereocenters. The van der Waals surface area contributed by atoms with Crippen LogP contribution in [-0.4, -0.2) is 36.7 Å². The Hall–Kier alpha value is -4.60. The maximum Gasteiger partial charge on any atom is 0.336 e. The minimum absolute atomic E-state index is 0.00993. The second-order valence-electron chi connectivity index (χ2n) is 12.4. The fourth-order valence-corrected chi connectivity index (χ4v) is 6.98. The van der Waals surface area contributed by atoms with E-state index in [4.69, 9.17) is 18.3 Å². The second kappa shape index (κ2) is 13.0. The molecule has 242 valence electrons. The van der Waals surface area contributed by atoms with Gasteiger partial charge in [-0.15, -0.1) is 0 Å². The molecule has 10 nitrogen and oxygen atoms in total. The first-order valence-corrected chi connectivity index (χ1v) is 16.1. The zero-order valence-electron chi connectivity index (χ0n) is 26.8. The molecule has 0 saturated heterocycles. The number of Topliss-reactive ketones (excluding diaryl/α,β-unsaturated/α-hetero) is 2. The number of carbonyl (C=O) groups is 4. The Bertz CT molecular complexity index is 1600. The van der Waals surface area contributed by atoms with E-state index in [1.807, 2.05) is 52.0 Å². The van der Waals surface area contributed by atoms with Gasteiger partial charge < -0.3 is 28.9 Å². The van der Waals surface area contributed by atoms with Gasteiger partial charge in [-0.1, -0.05) is 0 Å². The molecular formula is C36H40N2O8. The second-order valence-corrected chi connectivity index (χ2v) is 12.4. The third-order valence-corrected chi connectivity index (χ3v) is 9.09. The van der Waals surface area contributed by atoms with Gasteiger partial charge in [0.2, 0.25) is 0 Å². The summed E-state index contributed by atoms with van der Waals surface area (Å²) in [6, 6.07) is 7.27. The van der Waals surface area contributed by atoms with Crippen molar-refractivity contribution in [2.24, 2.45) is 0 Å². The van der Waals surface area contributed by atoms with Crippen molar-refractivity contribution in [2.45, 2.75) is 90.9 Å². The summed E-state index contributed by atoms with van der Waals surface area (Å²) in [4.78, 5) is 52.9. The molecule has 6 rings (SSSR count). The highest BCUT2D eigenvalue weighted by Crippen LogP contribution is 2.44. The summed E-state index contributed by atoms with van der Waals surface area (Å²) in [5, 5.41) is 6.56. The Balaban J connectivity index is 1.07. The number of dihydropyridines is 2. The van der Waals surface area contributed by atoms with E-state index < -0.39 is 23.8 Å². The van der Waals surface area contributed by atoms with Crippen molar-refractivity contribution in [3.05, 3.63) is 92.4 Å². The average Bonchev–Trinajstić information content (AvgIpc) is 3.65. The Morgan fingerprint density at radius 3 is 1.46 bits per heavy atom. The third-order valence-electron chi connectivity index (χ3n) is 9.09. The molecule has 0 fully saturated rings. The lowest BCUT2D eigenvalue weighted by Crippen LogP contribution is -2.34. The lowest BCUT2D eigenvalue weighted by atomic mass is 9.77. The Morgan fingerprint density at radius 1 is 0.674 bits per heavy atom. The zero-order chi connectivity index (χ0) is 32.5. The van der Waals surface area contributed by atoms with Crippen molar-refractivity contribution in [1.82, 2.24) is 10.6 Å². The van der Waals surface area contributed by atoms with Gasteiger partial charge in [-0.25, -0.2) is 9.59 Å². The number of ether oxygens (including phenoxy) is 2. The van der Waals surface area contributed by atoms with Crippen LogP contribution in [0.2, 0.25) is 0 Å². The number of hydrogen-bond donors (Lipinski definition) is 2. The van der Waals surface area contributed by atoms with Crippen LogP contribution in [0, 0.1) is 13.8 Å². The lowest BCUT2D eigenvalue weighted by molar-refractivity contribution is -0.142. The first kappa shape index (κ1) is 31.4. The van der Waals surface area contributed by atoms with E-state index in [0.29, 0.717) is 82.4 Å². The van der Waals surface area contributed by atoms with E-state index in [9.17, 15) is 19.2 Å². The van der Waals surface area contributed by atoms with E-state index in [-0.39, 0.29) is 24.8 Å². The van der Waals surface area contributed by atoms with E-state index in [2.05, 4.69) is 10.6 Å². The fourth-order valence-electron chi connectivity index (χ4n) is 6.98. The van der Waals surface area contributed by atoms with Gasteiger partial charge in [0, 0.05) is 46.8 Å². The van der Waals surface area contributed by atoms with Crippen LogP contribution in [0.3, 0.4) is 0 Å². The minimum atomic E-state index is -0.621. The van der Waals surface area contributed by atoms with Crippen LogP contribution in [0.15, 0.2) is 78.2 Å². The number of rotatable bonds is 9. The number of unbranched alkanes of at least 4 members (excludes halogenated alkanes) is 1. The normalized spacial score (nSPS) is 21.6. The van der Waals surface area contributed by atoms with Gasteiger partial charge in [-0.05, 0) is 90.5 Å². The summed E-state index contributed by atoms with van der Waals surface area (Å²) in [5.74, 6) is 0.227. The molecule has 2 aliphatic carbocycles. The summed E-state index contributed by atoms with van der Waals surface area (Å²) in [6.45, 7) is 7.51. The number of hydrogen-bond acceptors (Lipinski definition) is 10. The Morgan fingerprint density at radius 2 is 1.09 bits per heavy atom.